The molecule has 90 valence electrons. The van der Waals surface area contributed by atoms with Crippen LogP contribution in [0.5, 0.6) is 0 Å². The van der Waals surface area contributed by atoms with Crippen molar-refractivity contribution >= 4 is 11.3 Å². The van der Waals surface area contributed by atoms with Crippen LogP contribution in [-0.2, 0) is 12.0 Å². The zero-order valence-corrected chi connectivity index (χ0v) is 11.7. The highest BCUT2D eigenvalue weighted by atomic mass is 32.1. The molecule has 2 nitrogen and oxygen atoms in total. The van der Waals surface area contributed by atoms with Gasteiger partial charge in [-0.05, 0) is 11.8 Å². The normalized spacial score (nSPS) is 23.5. The summed E-state index contributed by atoms with van der Waals surface area (Å²) in [4.78, 5) is 6.12. The van der Waals surface area contributed by atoms with Gasteiger partial charge in [0, 0.05) is 22.8 Å². The van der Waals surface area contributed by atoms with Crippen LogP contribution in [0.2, 0.25) is 0 Å². The molecule has 16 heavy (non-hydrogen) atoms. The van der Waals surface area contributed by atoms with Crippen LogP contribution in [0.25, 0.3) is 0 Å². The number of nitrogens with zero attached hydrogens (tertiary/aromatic N) is 1. The third-order valence-electron chi connectivity index (χ3n) is 3.42. The number of thiazole rings is 1. The minimum atomic E-state index is 0.114. The highest BCUT2D eigenvalue weighted by Crippen LogP contribution is 2.59. The van der Waals surface area contributed by atoms with Gasteiger partial charge in [-0.15, -0.1) is 11.3 Å². The Morgan fingerprint density at radius 1 is 1.44 bits per heavy atom. The molecule has 2 N–H and O–H groups in total. The zero-order chi connectivity index (χ0) is 12.1. The molecule has 0 saturated heterocycles. The molecule has 0 aliphatic heterocycles. The molecule has 0 aromatic carbocycles. The van der Waals surface area contributed by atoms with E-state index in [1.165, 1.54) is 22.0 Å². The summed E-state index contributed by atoms with van der Waals surface area (Å²) in [6, 6.07) is 0. The second-order valence-electron chi connectivity index (χ2n) is 6.52. The van der Waals surface area contributed by atoms with E-state index < -0.39 is 0 Å². The van der Waals surface area contributed by atoms with E-state index in [9.17, 15) is 0 Å². The van der Waals surface area contributed by atoms with Crippen molar-refractivity contribution in [3.63, 3.8) is 0 Å². The van der Waals surface area contributed by atoms with Crippen molar-refractivity contribution in [1.82, 2.24) is 4.98 Å². The second-order valence-corrected chi connectivity index (χ2v) is 7.64. The summed E-state index contributed by atoms with van der Waals surface area (Å²) < 4.78 is 0. The predicted molar refractivity (Wildman–Crippen MR) is 69.8 cm³/mol. The molecule has 1 aliphatic rings. The van der Waals surface area contributed by atoms with Crippen LogP contribution in [-0.4, -0.2) is 4.98 Å². The largest absolute Gasteiger partial charge is 0.326 e. The smallest absolute Gasteiger partial charge is 0.0968 e. The minimum Gasteiger partial charge on any atom is -0.326 e. The zero-order valence-electron chi connectivity index (χ0n) is 10.9. The Labute approximate surface area is 102 Å². The molecule has 1 atom stereocenters. The van der Waals surface area contributed by atoms with E-state index >= 15 is 0 Å². The first-order valence-corrected chi connectivity index (χ1v) is 6.77. The van der Waals surface area contributed by atoms with Crippen LogP contribution in [0.3, 0.4) is 0 Å². The molecule has 1 heterocycles. The molecule has 0 radical (unpaired) electrons. The van der Waals surface area contributed by atoms with Crippen molar-refractivity contribution < 1.29 is 0 Å². The average Bonchev–Trinajstić information content (AvgIpc) is 2.63. The van der Waals surface area contributed by atoms with Gasteiger partial charge in [0.2, 0.25) is 0 Å². The molecule has 1 aliphatic carbocycles. The van der Waals surface area contributed by atoms with E-state index in [4.69, 9.17) is 10.7 Å². The fourth-order valence-electron chi connectivity index (χ4n) is 2.13. The first kappa shape index (κ1) is 12.1. The van der Waals surface area contributed by atoms with Gasteiger partial charge in [0.15, 0.2) is 0 Å². The van der Waals surface area contributed by atoms with Gasteiger partial charge in [-0.1, -0.05) is 34.6 Å². The molecule has 3 heteroatoms. The third-order valence-corrected chi connectivity index (χ3v) is 4.61. The Morgan fingerprint density at radius 3 is 2.31 bits per heavy atom. The summed E-state index contributed by atoms with van der Waals surface area (Å²) >= 11 is 1.82. The van der Waals surface area contributed by atoms with Crippen molar-refractivity contribution in [2.24, 2.45) is 11.1 Å². The monoisotopic (exact) mass is 238 g/mol. The lowest BCUT2D eigenvalue weighted by Crippen LogP contribution is -2.15. The quantitative estimate of drug-likeness (QED) is 0.857. The van der Waals surface area contributed by atoms with Crippen LogP contribution in [0.4, 0.5) is 0 Å². The molecule has 1 aromatic rings. The Balaban J connectivity index is 2.34. The summed E-state index contributed by atoms with van der Waals surface area (Å²) in [6.45, 7) is 11.9. The number of hydrogen-bond donors (Lipinski definition) is 1. The maximum Gasteiger partial charge on any atom is 0.0968 e. The summed E-state index contributed by atoms with van der Waals surface area (Å²) in [5, 5.41) is 1.30. The topological polar surface area (TPSA) is 38.9 Å². The van der Waals surface area contributed by atoms with Gasteiger partial charge in [-0.25, -0.2) is 4.98 Å². The number of aromatic nitrogens is 1. The Morgan fingerprint density at radius 2 is 2.00 bits per heavy atom. The molecule has 1 saturated carbocycles. The number of hydrogen-bond acceptors (Lipinski definition) is 3. The van der Waals surface area contributed by atoms with Gasteiger partial charge in [0.1, 0.15) is 0 Å². The molecule has 0 amide bonds. The Bertz CT molecular complexity index is 399. The molecule has 0 spiro atoms. The SMILES string of the molecule is CC(C)(C)c1nc(C2CC2(C)C)sc1CN. The first-order valence-electron chi connectivity index (χ1n) is 5.96. The van der Waals surface area contributed by atoms with Gasteiger partial charge >= 0.3 is 0 Å². The summed E-state index contributed by atoms with van der Waals surface area (Å²) in [7, 11) is 0. The lowest BCUT2D eigenvalue weighted by atomic mass is 9.91. The molecule has 2 rings (SSSR count). The van der Waals surface area contributed by atoms with Gasteiger partial charge in [-0.2, -0.15) is 0 Å². The predicted octanol–water partition coefficient (Wildman–Crippen LogP) is 3.41. The van der Waals surface area contributed by atoms with Gasteiger partial charge < -0.3 is 5.73 Å². The van der Waals surface area contributed by atoms with Crippen molar-refractivity contribution in [2.75, 3.05) is 0 Å². The van der Waals surface area contributed by atoms with E-state index in [2.05, 4.69) is 34.6 Å². The molecular weight excluding hydrogens is 216 g/mol. The minimum absolute atomic E-state index is 0.114. The van der Waals surface area contributed by atoms with Crippen LogP contribution in [0, 0.1) is 5.41 Å². The second kappa shape index (κ2) is 3.54. The first-order chi connectivity index (χ1) is 7.25. The van der Waals surface area contributed by atoms with Gasteiger partial charge in [0.05, 0.1) is 10.7 Å². The maximum atomic E-state index is 5.82. The summed E-state index contributed by atoms with van der Waals surface area (Å²) in [6.07, 6.45) is 1.27. The van der Waals surface area contributed by atoms with Crippen molar-refractivity contribution in [2.45, 2.75) is 58.9 Å². The highest BCUT2D eigenvalue weighted by Gasteiger charge is 2.48. The molecule has 1 aromatic heterocycles. The average molecular weight is 238 g/mol. The fourth-order valence-corrected chi connectivity index (χ4v) is 3.60. The summed E-state index contributed by atoms with van der Waals surface area (Å²) in [5.74, 6) is 0.666. The van der Waals surface area contributed by atoms with Crippen LogP contribution in [0.1, 0.15) is 62.5 Å². The van der Waals surface area contributed by atoms with Crippen molar-refractivity contribution in [3.05, 3.63) is 15.6 Å². The number of rotatable bonds is 2. The van der Waals surface area contributed by atoms with E-state index in [0.29, 0.717) is 17.9 Å². The maximum absolute atomic E-state index is 5.82. The summed E-state index contributed by atoms with van der Waals surface area (Å²) in [5.41, 5.74) is 7.60. The number of nitrogens with two attached hydrogens (primary N) is 1. The van der Waals surface area contributed by atoms with Crippen LogP contribution >= 0.6 is 11.3 Å². The third kappa shape index (κ3) is 2.03. The molecular formula is C13H22N2S. The van der Waals surface area contributed by atoms with Gasteiger partial charge in [0.25, 0.3) is 0 Å². The van der Waals surface area contributed by atoms with E-state index in [0.717, 1.165) is 0 Å². The lowest BCUT2D eigenvalue weighted by Gasteiger charge is -2.16. The van der Waals surface area contributed by atoms with Crippen LogP contribution in [0.15, 0.2) is 0 Å². The van der Waals surface area contributed by atoms with Crippen LogP contribution < -0.4 is 5.73 Å². The van der Waals surface area contributed by atoms with E-state index in [-0.39, 0.29) is 5.41 Å². The van der Waals surface area contributed by atoms with Gasteiger partial charge in [-0.3, -0.25) is 0 Å². The molecule has 0 bridgehead atoms. The van der Waals surface area contributed by atoms with E-state index in [1.54, 1.807) is 0 Å². The van der Waals surface area contributed by atoms with E-state index in [1.807, 2.05) is 11.3 Å². The standard InChI is InChI=1S/C13H22N2S/c1-12(2,3)10-9(7-14)16-11(15-10)8-6-13(8,4)5/h8H,6-7,14H2,1-5H3. The highest BCUT2D eigenvalue weighted by molar-refractivity contribution is 7.11. The fraction of sp³-hybridized carbons (Fsp3) is 0.769. The Kier molecular flexibility index (Phi) is 2.67. The lowest BCUT2D eigenvalue weighted by molar-refractivity contribution is 0.561. The van der Waals surface area contributed by atoms with Crippen molar-refractivity contribution in [3.8, 4) is 0 Å². The molecule has 1 unspecified atom stereocenters. The Hall–Kier alpha value is -0.410. The molecule has 1 fully saturated rings. The van der Waals surface area contributed by atoms with Crippen molar-refractivity contribution in [1.29, 1.82) is 0 Å².